The summed E-state index contributed by atoms with van der Waals surface area (Å²) in [5.41, 5.74) is -0.810. The zero-order valence-electron chi connectivity index (χ0n) is 10.8. The van der Waals surface area contributed by atoms with Crippen molar-refractivity contribution in [1.82, 2.24) is 4.98 Å². The highest BCUT2D eigenvalue weighted by atomic mass is 32.2. The standard InChI is InChI=1S/C13H17F3N2S/c1-19-10-5-2-3-8-18(9-10)12-7-4-6-11(17-12)13(14,15)16/h4,6-7,10H,2-3,5,8-9H2,1H3. The van der Waals surface area contributed by atoms with Crippen molar-refractivity contribution in [2.75, 3.05) is 24.2 Å². The molecule has 1 saturated heterocycles. The number of nitrogens with zero attached hydrogens (tertiary/aromatic N) is 2. The van der Waals surface area contributed by atoms with Crippen LogP contribution in [0.15, 0.2) is 18.2 Å². The third-order valence-corrected chi connectivity index (χ3v) is 4.36. The van der Waals surface area contributed by atoms with Gasteiger partial charge in [0.25, 0.3) is 0 Å². The fraction of sp³-hybridized carbons (Fsp3) is 0.615. The third-order valence-electron chi connectivity index (χ3n) is 3.31. The minimum atomic E-state index is -4.37. The SMILES string of the molecule is CSC1CCCCN(c2cccc(C(F)(F)F)n2)C1. The number of hydrogen-bond acceptors (Lipinski definition) is 3. The van der Waals surface area contributed by atoms with Crippen molar-refractivity contribution in [1.29, 1.82) is 0 Å². The van der Waals surface area contributed by atoms with Crippen LogP contribution in [0.4, 0.5) is 19.0 Å². The summed E-state index contributed by atoms with van der Waals surface area (Å²) in [6, 6.07) is 4.12. The van der Waals surface area contributed by atoms with E-state index in [1.807, 2.05) is 11.2 Å². The normalized spacial score (nSPS) is 21.3. The van der Waals surface area contributed by atoms with Gasteiger partial charge in [-0.25, -0.2) is 4.98 Å². The van der Waals surface area contributed by atoms with Crippen molar-refractivity contribution < 1.29 is 13.2 Å². The zero-order chi connectivity index (χ0) is 13.9. The summed E-state index contributed by atoms with van der Waals surface area (Å²) in [7, 11) is 0. The highest BCUT2D eigenvalue weighted by Gasteiger charge is 2.33. The van der Waals surface area contributed by atoms with Crippen LogP contribution in [0.25, 0.3) is 0 Å². The van der Waals surface area contributed by atoms with Gasteiger partial charge in [-0.15, -0.1) is 0 Å². The zero-order valence-corrected chi connectivity index (χ0v) is 11.6. The summed E-state index contributed by atoms with van der Waals surface area (Å²) >= 11 is 1.78. The van der Waals surface area contributed by atoms with Crippen LogP contribution in [-0.4, -0.2) is 29.6 Å². The Morgan fingerprint density at radius 1 is 1.32 bits per heavy atom. The Balaban J connectivity index is 2.20. The van der Waals surface area contributed by atoms with Gasteiger partial charge in [0, 0.05) is 18.3 Å². The second-order valence-electron chi connectivity index (χ2n) is 4.68. The van der Waals surface area contributed by atoms with Gasteiger partial charge < -0.3 is 4.90 Å². The minimum absolute atomic E-state index is 0.441. The molecule has 2 rings (SSSR count). The van der Waals surface area contributed by atoms with E-state index in [-0.39, 0.29) is 0 Å². The number of anilines is 1. The molecule has 0 amide bonds. The van der Waals surface area contributed by atoms with Gasteiger partial charge in [0.15, 0.2) is 0 Å². The molecule has 0 N–H and O–H groups in total. The first-order chi connectivity index (χ1) is 9.00. The van der Waals surface area contributed by atoms with Gasteiger partial charge in [-0.05, 0) is 31.2 Å². The van der Waals surface area contributed by atoms with Gasteiger partial charge in [-0.3, -0.25) is 0 Å². The Morgan fingerprint density at radius 3 is 2.79 bits per heavy atom. The maximum atomic E-state index is 12.7. The smallest absolute Gasteiger partial charge is 0.355 e. The molecule has 6 heteroatoms. The Morgan fingerprint density at radius 2 is 2.11 bits per heavy atom. The number of rotatable bonds is 2. The number of thioether (sulfide) groups is 1. The molecule has 0 aromatic carbocycles. The summed E-state index contributed by atoms with van der Waals surface area (Å²) in [4.78, 5) is 5.75. The van der Waals surface area contributed by atoms with Gasteiger partial charge in [0.2, 0.25) is 0 Å². The lowest BCUT2D eigenvalue weighted by atomic mass is 10.2. The molecule has 2 nitrogen and oxygen atoms in total. The monoisotopic (exact) mass is 290 g/mol. The van der Waals surface area contributed by atoms with Crippen molar-refractivity contribution in [2.24, 2.45) is 0 Å². The summed E-state index contributed by atoms with van der Waals surface area (Å²) in [5, 5.41) is 0.471. The minimum Gasteiger partial charge on any atom is -0.355 e. The summed E-state index contributed by atoms with van der Waals surface area (Å²) in [5.74, 6) is 0.441. The van der Waals surface area contributed by atoms with Crippen LogP contribution in [0.3, 0.4) is 0 Å². The molecule has 0 aliphatic carbocycles. The number of aromatic nitrogens is 1. The second-order valence-corrected chi connectivity index (χ2v) is 5.82. The molecule has 0 radical (unpaired) electrons. The first kappa shape index (κ1) is 14.5. The second kappa shape index (κ2) is 6.03. The lowest BCUT2D eigenvalue weighted by Crippen LogP contribution is -2.30. The third kappa shape index (κ3) is 3.78. The van der Waals surface area contributed by atoms with Crippen molar-refractivity contribution in [3.8, 4) is 0 Å². The van der Waals surface area contributed by atoms with E-state index >= 15 is 0 Å². The molecule has 1 aromatic heterocycles. The van der Waals surface area contributed by atoms with Gasteiger partial charge in [-0.2, -0.15) is 24.9 Å². The number of alkyl halides is 3. The topological polar surface area (TPSA) is 16.1 Å². The molecule has 1 aliphatic rings. The lowest BCUT2D eigenvalue weighted by Gasteiger charge is -2.25. The van der Waals surface area contributed by atoms with E-state index < -0.39 is 11.9 Å². The van der Waals surface area contributed by atoms with E-state index in [4.69, 9.17) is 0 Å². The van der Waals surface area contributed by atoms with E-state index in [0.29, 0.717) is 11.1 Å². The van der Waals surface area contributed by atoms with Crippen LogP contribution in [0.2, 0.25) is 0 Å². The maximum absolute atomic E-state index is 12.7. The molecule has 1 aliphatic heterocycles. The molecule has 0 spiro atoms. The van der Waals surface area contributed by atoms with E-state index in [9.17, 15) is 13.2 Å². The van der Waals surface area contributed by atoms with Crippen LogP contribution in [0, 0.1) is 0 Å². The first-order valence-electron chi connectivity index (χ1n) is 6.32. The molecule has 1 unspecified atom stereocenters. The van der Waals surface area contributed by atoms with Gasteiger partial charge >= 0.3 is 6.18 Å². The van der Waals surface area contributed by atoms with Crippen LogP contribution in [0.1, 0.15) is 25.0 Å². The van der Waals surface area contributed by atoms with Crippen LogP contribution in [0.5, 0.6) is 0 Å². The molecular formula is C13H17F3N2S. The van der Waals surface area contributed by atoms with Crippen LogP contribution < -0.4 is 4.90 Å². The number of pyridine rings is 1. The number of halogens is 3. The van der Waals surface area contributed by atoms with Gasteiger partial charge in [0.1, 0.15) is 11.5 Å². The van der Waals surface area contributed by atoms with Crippen molar-refractivity contribution in [3.63, 3.8) is 0 Å². The molecule has 1 atom stereocenters. The predicted octanol–water partition coefficient (Wildman–Crippen LogP) is 3.82. The van der Waals surface area contributed by atoms with Crippen LogP contribution >= 0.6 is 11.8 Å². The Bertz CT molecular complexity index is 423. The fourth-order valence-corrected chi connectivity index (χ4v) is 2.99. The maximum Gasteiger partial charge on any atom is 0.433 e. The average molecular weight is 290 g/mol. The van der Waals surface area contributed by atoms with Crippen molar-refractivity contribution >= 4 is 17.6 Å². The predicted molar refractivity (Wildman–Crippen MR) is 72.6 cm³/mol. The van der Waals surface area contributed by atoms with Crippen LogP contribution in [-0.2, 0) is 6.18 Å². The van der Waals surface area contributed by atoms with E-state index in [1.54, 1.807) is 17.8 Å². The van der Waals surface area contributed by atoms with Crippen molar-refractivity contribution in [3.05, 3.63) is 23.9 Å². The summed E-state index contributed by atoms with van der Waals surface area (Å²) in [6.45, 7) is 1.56. The molecule has 2 heterocycles. The Labute approximate surface area is 115 Å². The van der Waals surface area contributed by atoms with E-state index in [2.05, 4.69) is 4.98 Å². The molecular weight excluding hydrogens is 273 g/mol. The quantitative estimate of drug-likeness (QED) is 0.823. The van der Waals surface area contributed by atoms with Gasteiger partial charge in [0.05, 0.1) is 0 Å². The van der Waals surface area contributed by atoms with E-state index in [0.717, 1.165) is 38.4 Å². The molecule has 1 fully saturated rings. The first-order valence-corrected chi connectivity index (χ1v) is 7.61. The number of hydrogen-bond donors (Lipinski definition) is 0. The average Bonchev–Trinajstić information content (AvgIpc) is 2.63. The highest BCUT2D eigenvalue weighted by molar-refractivity contribution is 7.99. The molecule has 19 heavy (non-hydrogen) atoms. The van der Waals surface area contributed by atoms with Gasteiger partial charge in [-0.1, -0.05) is 12.5 Å². The van der Waals surface area contributed by atoms with Crippen molar-refractivity contribution in [2.45, 2.75) is 30.7 Å². The summed E-state index contributed by atoms with van der Waals surface area (Å²) in [6.07, 6.45) is 0.932. The fourth-order valence-electron chi connectivity index (χ4n) is 2.26. The molecule has 106 valence electrons. The molecule has 1 aromatic rings. The van der Waals surface area contributed by atoms with E-state index in [1.165, 1.54) is 6.07 Å². The largest absolute Gasteiger partial charge is 0.433 e. The Kier molecular flexibility index (Phi) is 4.60. The molecule has 0 bridgehead atoms. The highest BCUT2D eigenvalue weighted by Crippen LogP contribution is 2.30. The molecule has 0 saturated carbocycles. The lowest BCUT2D eigenvalue weighted by molar-refractivity contribution is -0.141. The Hall–Kier alpha value is -0.910. The summed E-state index contributed by atoms with van der Waals surface area (Å²) < 4.78 is 38.0.